The molecule has 0 saturated heterocycles. The summed E-state index contributed by atoms with van der Waals surface area (Å²) in [5.41, 5.74) is 6.29. The number of imidazole rings is 1. The van der Waals surface area contributed by atoms with Gasteiger partial charge in [0.1, 0.15) is 6.04 Å². The van der Waals surface area contributed by atoms with Crippen molar-refractivity contribution in [3.05, 3.63) is 71.1 Å². The van der Waals surface area contributed by atoms with Crippen LogP contribution in [0, 0.1) is 6.92 Å². The van der Waals surface area contributed by atoms with E-state index in [4.69, 9.17) is 9.52 Å². The lowest BCUT2D eigenvalue weighted by Crippen LogP contribution is -2.41. The SMILES string of the molecule is Cc1c(-c2nnc(C(=O)N3CCc4[nH]cnc4C3c3cc4c(C(C)C)cccn4n3)o2)cnn1C. The zero-order valence-corrected chi connectivity index (χ0v) is 19.9. The molecule has 1 N–H and O–H groups in total. The van der Waals surface area contributed by atoms with Crippen LogP contribution < -0.4 is 0 Å². The van der Waals surface area contributed by atoms with Crippen LogP contribution in [0.3, 0.4) is 0 Å². The minimum Gasteiger partial charge on any atom is -0.412 e. The van der Waals surface area contributed by atoms with Crippen LogP contribution in [-0.2, 0) is 13.5 Å². The van der Waals surface area contributed by atoms with Gasteiger partial charge in [0.05, 0.1) is 35.0 Å². The van der Waals surface area contributed by atoms with Gasteiger partial charge >= 0.3 is 11.8 Å². The number of aryl methyl sites for hydroxylation is 1. The van der Waals surface area contributed by atoms with Crippen molar-refractivity contribution >= 4 is 11.4 Å². The van der Waals surface area contributed by atoms with Crippen molar-refractivity contribution < 1.29 is 9.21 Å². The number of aromatic amines is 1. The van der Waals surface area contributed by atoms with Gasteiger partial charge in [0.25, 0.3) is 5.89 Å². The van der Waals surface area contributed by atoms with Crippen LogP contribution in [-0.4, -0.2) is 56.9 Å². The molecule has 1 unspecified atom stereocenters. The molecule has 6 heterocycles. The van der Waals surface area contributed by atoms with Crippen LogP contribution in [0.2, 0.25) is 0 Å². The molecule has 5 aromatic rings. The summed E-state index contributed by atoms with van der Waals surface area (Å²) in [6.07, 6.45) is 5.88. The van der Waals surface area contributed by atoms with E-state index >= 15 is 0 Å². The minimum atomic E-state index is -0.479. The van der Waals surface area contributed by atoms with Gasteiger partial charge in [-0.1, -0.05) is 19.9 Å². The molecule has 5 aromatic heterocycles. The summed E-state index contributed by atoms with van der Waals surface area (Å²) in [6.45, 7) is 6.68. The Morgan fingerprint density at radius 1 is 1.29 bits per heavy atom. The Labute approximate surface area is 200 Å². The van der Waals surface area contributed by atoms with E-state index in [1.54, 1.807) is 22.1 Å². The summed E-state index contributed by atoms with van der Waals surface area (Å²) in [7, 11) is 1.83. The molecule has 1 amide bonds. The second-order valence-electron chi connectivity index (χ2n) is 9.11. The van der Waals surface area contributed by atoms with E-state index in [0.29, 0.717) is 24.4 Å². The number of hydrogen-bond acceptors (Lipinski definition) is 7. The van der Waals surface area contributed by atoms with Crippen LogP contribution in [0.1, 0.15) is 64.8 Å². The number of nitrogens with zero attached hydrogens (tertiary/aromatic N) is 8. The van der Waals surface area contributed by atoms with Gasteiger partial charge in [0.2, 0.25) is 0 Å². The van der Waals surface area contributed by atoms with Crippen molar-refractivity contribution in [1.82, 2.24) is 44.5 Å². The fourth-order valence-electron chi connectivity index (χ4n) is 4.72. The monoisotopic (exact) mass is 471 g/mol. The minimum absolute atomic E-state index is 0.0705. The normalized spacial score (nSPS) is 15.8. The standard InChI is InChI=1S/C24H25N9O2/c1-13(2)15-6-5-8-33-19(15)10-18(30-33)21-20-17(25-12-26-20)7-9-32(21)24(34)23-29-28-22(35-23)16-11-27-31(4)14(16)3/h5-6,8,10-13,21H,7,9H2,1-4H3,(H,25,26). The molecular weight excluding hydrogens is 446 g/mol. The maximum Gasteiger partial charge on any atom is 0.312 e. The third-order valence-corrected chi connectivity index (χ3v) is 6.72. The highest BCUT2D eigenvalue weighted by molar-refractivity contribution is 5.90. The number of carbonyl (C=O) groups excluding carboxylic acids is 1. The van der Waals surface area contributed by atoms with Gasteiger partial charge in [-0.25, -0.2) is 9.50 Å². The Kier molecular flexibility index (Phi) is 4.80. The number of hydrogen-bond donors (Lipinski definition) is 1. The largest absolute Gasteiger partial charge is 0.412 e. The van der Waals surface area contributed by atoms with E-state index in [2.05, 4.69) is 45.2 Å². The Hall–Kier alpha value is -4.28. The lowest BCUT2D eigenvalue weighted by Gasteiger charge is -2.32. The molecule has 1 aliphatic rings. The number of fused-ring (bicyclic) bond motifs is 2. The first-order chi connectivity index (χ1) is 16.9. The summed E-state index contributed by atoms with van der Waals surface area (Å²) in [5, 5.41) is 17.2. The summed E-state index contributed by atoms with van der Waals surface area (Å²) in [5.74, 6) is 0.173. The number of nitrogens with one attached hydrogen (secondary N) is 1. The second kappa shape index (κ2) is 7.90. The highest BCUT2D eigenvalue weighted by Crippen LogP contribution is 2.35. The van der Waals surface area contributed by atoms with Crippen LogP contribution in [0.5, 0.6) is 0 Å². The Balaban J connectivity index is 1.41. The van der Waals surface area contributed by atoms with Gasteiger partial charge < -0.3 is 14.3 Å². The maximum atomic E-state index is 13.7. The quantitative estimate of drug-likeness (QED) is 0.427. The predicted octanol–water partition coefficient (Wildman–Crippen LogP) is 3.06. The third kappa shape index (κ3) is 3.34. The molecule has 35 heavy (non-hydrogen) atoms. The van der Waals surface area contributed by atoms with E-state index in [9.17, 15) is 4.79 Å². The third-order valence-electron chi connectivity index (χ3n) is 6.72. The van der Waals surface area contributed by atoms with Gasteiger partial charge in [0.15, 0.2) is 0 Å². The van der Waals surface area contributed by atoms with Crippen molar-refractivity contribution in [2.45, 2.75) is 39.2 Å². The fraction of sp³-hybridized carbons (Fsp3) is 0.333. The van der Waals surface area contributed by atoms with Crippen molar-refractivity contribution in [2.75, 3.05) is 6.54 Å². The molecule has 0 fully saturated rings. The maximum absolute atomic E-state index is 13.7. The van der Waals surface area contributed by atoms with Crippen molar-refractivity contribution in [2.24, 2.45) is 7.05 Å². The number of aromatic nitrogens is 8. The summed E-state index contributed by atoms with van der Waals surface area (Å²) < 4.78 is 9.40. The highest BCUT2D eigenvalue weighted by atomic mass is 16.4. The molecular formula is C24H25N9O2. The molecule has 0 saturated carbocycles. The van der Waals surface area contributed by atoms with Crippen LogP contribution in [0.15, 0.2) is 41.3 Å². The van der Waals surface area contributed by atoms with Crippen LogP contribution in [0.25, 0.3) is 17.0 Å². The first kappa shape index (κ1) is 21.3. The van der Waals surface area contributed by atoms with Crippen molar-refractivity contribution in [3.63, 3.8) is 0 Å². The molecule has 0 aromatic carbocycles. The zero-order valence-electron chi connectivity index (χ0n) is 19.9. The van der Waals surface area contributed by atoms with E-state index < -0.39 is 6.04 Å². The molecule has 0 bridgehead atoms. The average Bonchev–Trinajstić information content (AvgIpc) is 3.64. The Bertz CT molecular complexity index is 1550. The summed E-state index contributed by atoms with van der Waals surface area (Å²) in [4.78, 5) is 23.2. The number of H-pyrrole nitrogens is 1. The van der Waals surface area contributed by atoms with Gasteiger partial charge in [-0.2, -0.15) is 10.2 Å². The first-order valence-corrected chi connectivity index (χ1v) is 11.6. The lowest BCUT2D eigenvalue weighted by atomic mass is 9.98. The molecule has 178 valence electrons. The molecule has 11 heteroatoms. The molecule has 6 rings (SSSR count). The zero-order chi connectivity index (χ0) is 24.3. The molecule has 11 nitrogen and oxygen atoms in total. The highest BCUT2D eigenvalue weighted by Gasteiger charge is 2.38. The van der Waals surface area contributed by atoms with E-state index in [1.165, 1.54) is 5.56 Å². The number of rotatable bonds is 4. The van der Waals surface area contributed by atoms with Crippen LogP contribution in [0.4, 0.5) is 0 Å². The van der Waals surface area contributed by atoms with E-state index in [1.807, 2.05) is 36.8 Å². The average molecular weight is 472 g/mol. The summed E-state index contributed by atoms with van der Waals surface area (Å²) in [6, 6.07) is 5.66. The molecule has 1 atom stereocenters. The van der Waals surface area contributed by atoms with Gasteiger partial charge in [0, 0.05) is 37.6 Å². The molecule has 0 spiro atoms. The Morgan fingerprint density at radius 3 is 2.91 bits per heavy atom. The van der Waals surface area contributed by atoms with E-state index in [0.717, 1.165) is 28.3 Å². The topological polar surface area (TPSA) is 123 Å². The van der Waals surface area contributed by atoms with E-state index in [-0.39, 0.29) is 17.7 Å². The number of amides is 1. The van der Waals surface area contributed by atoms with Crippen molar-refractivity contribution in [3.8, 4) is 11.5 Å². The molecule has 0 radical (unpaired) electrons. The predicted molar refractivity (Wildman–Crippen MR) is 126 cm³/mol. The lowest BCUT2D eigenvalue weighted by molar-refractivity contribution is 0.0646. The van der Waals surface area contributed by atoms with Crippen molar-refractivity contribution in [1.29, 1.82) is 0 Å². The summed E-state index contributed by atoms with van der Waals surface area (Å²) >= 11 is 0. The Morgan fingerprint density at radius 2 is 2.14 bits per heavy atom. The second-order valence-corrected chi connectivity index (χ2v) is 9.11. The van der Waals surface area contributed by atoms with Gasteiger partial charge in [-0.05, 0) is 30.5 Å². The smallest absolute Gasteiger partial charge is 0.312 e. The number of carbonyl (C=O) groups is 1. The van der Waals surface area contributed by atoms with Crippen LogP contribution >= 0.6 is 0 Å². The first-order valence-electron chi connectivity index (χ1n) is 11.6. The fourth-order valence-corrected chi connectivity index (χ4v) is 4.72. The van der Waals surface area contributed by atoms with Gasteiger partial charge in [-0.15, -0.1) is 10.2 Å². The van der Waals surface area contributed by atoms with Gasteiger partial charge in [-0.3, -0.25) is 9.48 Å². The number of pyridine rings is 1. The molecule has 0 aliphatic carbocycles. The molecule has 1 aliphatic heterocycles.